The van der Waals surface area contributed by atoms with Crippen molar-refractivity contribution >= 4 is 23.4 Å². The lowest BCUT2D eigenvalue weighted by molar-refractivity contribution is 0.161. The van der Waals surface area contributed by atoms with E-state index in [1.165, 1.54) is 0 Å². The van der Waals surface area contributed by atoms with E-state index in [1.54, 1.807) is 24.3 Å². The molecule has 0 saturated heterocycles. The SMILES string of the molecule is CC(C)NCCOC(=O)Nc1ccc(Cl)cc1. The largest absolute Gasteiger partial charge is 0.448 e. The first-order valence-electron chi connectivity index (χ1n) is 5.50. The van der Waals surface area contributed by atoms with Crippen LogP contribution in [0.15, 0.2) is 24.3 Å². The second-order valence-electron chi connectivity index (χ2n) is 3.88. The molecule has 1 aromatic carbocycles. The molecule has 17 heavy (non-hydrogen) atoms. The molecule has 0 aliphatic carbocycles. The van der Waals surface area contributed by atoms with Gasteiger partial charge in [0, 0.05) is 23.3 Å². The van der Waals surface area contributed by atoms with E-state index >= 15 is 0 Å². The maximum Gasteiger partial charge on any atom is 0.411 e. The summed E-state index contributed by atoms with van der Waals surface area (Å²) in [5.41, 5.74) is 0.663. The average Bonchev–Trinajstić information content (AvgIpc) is 2.27. The summed E-state index contributed by atoms with van der Waals surface area (Å²) >= 11 is 5.73. The molecule has 0 unspecified atom stereocenters. The lowest BCUT2D eigenvalue weighted by Gasteiger charge is -2.09. The number of ether oxygens (including phenoxy) is 1. The summed E-state index contributed by atoms with van der Waals surface area (Å²) in [5.74, 6) is 0. The quantitative estimate of drug-likeness (QED) is 0.797. The Kier molecular flexibility index (Phi) is 5.80. The van der Waals surface area contributed by atoms with Gasteiger partial charge in [0.25, 0.3) is 0 Å². The van der Waals surface area contributed by atoms with E-state index in [-0.39, 0.29) is 0 Å². The number of amides is 1. The lowest BCUT2D eigenvalue weighted by atomic mass is 10.3. The summed E-state index contributed by atoms with van der Waals surface area (Å²) in [4.78, 5) is 11.3. The molecule has 0 radical (unpaired) electrons. The predicted octanol–water partition coefficient (Wildman–Crippen LogP) is 2.89. The molecule has 0 heterocycles. The lowest BCUT2D eigenvalue weighted by Crippen LogP contribution is -2.28. The van der Waals surface area contributed by atoms with Gasteiger partial charge in [0.1, 0.15) is 6.61 Å². The van der Waals surface area contributed by atoms with Crippen molar-refractivity contribution in [3.63, 3.8) is 0 Å². The zero-order valence-corrected chi connectivity index (χ0v) is 10.8. The monoisotopic (exact) mass is 256 g/mol. The predicted molar refractivity (Wildman–Crippen MR) is 69.6 cm³/mol. The molecule has 0 bridgehead atoms. The molecule has 0 atom stereocenters. The molecule has 0 aliphatic heterocycles. The van der Waals surface area contributed by atoms with E-state index in [9.17, 15) is 4.79 Å². The van der Waals surface area contributed by atoms with Gasteiger partial charge in [-0.3, -0.25) is 5.32 Å². The van der Waals surface area contributed by atoms with Gasteiger partial charge in [-0.1, -0.05) is 25.4 Å². The van der Waals surface area contributed by atoms with Crippen molar-refractivity contribution in [1.82, 2.24) is 5.32 Å². The summed E-state index contributed by atoms with van der Waals surface area (Å²) in [6, 6.07) is 7.24. The highest BCUT2D eigenvalue weighted by atomic mass is 35.5. The van der Waals surface area contributed by atoms with Gasteiger partial charge < -0.3 is 10.1 Å². The number of anilines is 1. The van der Waals surface area contributed by atoms with Crippen LogP contribution in [0.2, 0.25) is 5.02 Å². The third-order valence-corrected chi connectivity index (χ3v) is 2.23. The molecule has 5 heteroatoms. The van der Waals surface area contributed by atoms with Crippen molar-refractivity contribution in [3.05, 3.63) is 29.3 Å². The highest BCUT2D eigenvalue weighted by Gasteiger charge is 2.02. The first-order chi connectivity index (χ1) is 8.08. The summed E-state index contributed by atoms with van der Waals surface area (Å²) in [7, 11) is 0. The first-order valence-corrected chi connectivity index (χ1v) is 5.88. The molecule has 1 aromatic rings. The minimum absolute atomic E-state index is 0.345. The van der Waals surface area contributed by atoms with Crippen molar-refractivity contribution in [2.75, 3.05) is 18.5 Å². The van der Waals surface area contributed by atoms with E-state index < -0.39 is 6.09 Å². The number of carbonyl (C=O) groups excluding carboxylic acids is 1. The number of nitrogens with one attached hydrogen (secondary N) is 2. The minimum atomic E-state index is -0.460. The second kappa shape index (κ2) is 7.14. The highest BCUT2D eigenvalue weighted by Crippen LogP contribution is 2.13. The Morgan fingerprint density at radius 2 is 2.00 bits per heavy atom. The Morgan fingerprint density at radius 1 is 1.35 bits per heavy atom. The number of carbonyl (C=O) groups is 1. The Balaban J connectivity index is 2.23. The number of rotatable bonds is 5. The first kappa shape index (κ1) is 13.8. The van der Waals surface area contributed by atoms with Crippen molar-refractivity contribution in [3.8, 4) is 0 Å². The van der Waals surface area contributed by atoms with E-state index in [4.69, 9.17) is 16.3 Å². The van der Waals surface area contributed by atoms with Crippen LogP contribution in [-0.4, -0.2) is 25.3 Å². The van der Waals surface area contributed by atoms with Gasteiger partial charge in [0.2, 0.25) is 0 Å². The number of benzene rings is 1. The van der Waals surface area contributed by atoms with Gasteiger partial charge in [0.05, 0.1) is 0 Å². The fraction of sp³-hybridized carbons (Fsp3) is 0.417. The highest BCUT2D eigenvalue weighted by molar-refractivity contribution is 6.30. The second-order valence-corrected chi connectivity index (χ2v) is 4.31. The molecule has 0 aromatic heterocycles. The van der Waals surface area contributed by atoms with Crippen LogP contribution in [0.25, 0.3) is 0 Å². The minimum Gasteiger partial charge on any atom is -0.448 e. The molecule has 94 valence electrons. The molecular formula is C12H17ClN2O2. The molecular weight excluding hydrogens is 240 g/mol. The summed E-state index contributed by atoms with van der Waals surface area (Å²) in [6.07, 6.45) is -0.460. The van der Waals surface area contributed by atoms with Gasteiger partial charge in [-0.15, -0.1) is 0 Å². The summed E-state index contributed by atoms with van der Waals surface area (Å²) in [6.45, 7) is 5.06. The molecule has 2 N–H and O–H groups in total. The van der Waals surface area contributed by atoms with Crippen molar-refractivity contribution < 1.29 is 9.53 Å². The number of hydrogen-bond donors (Lipinski definition) is 2. The number of halogens is 1. The Hall–Kier alpha value is -1.26. The van der Waals surface area contributed by atoms with Gasteiger partial charge in [0.15, 0.2) is 0 Å². The van der Waals surface area contributed by atoms with Crippen LogP contribution in [0.3, 0.4) is 0 Å². The Morgan fingerprint density at radius 3 is 2.59 bits per heavy atom. The fourth-order valence-corrected chi connectivity index (χ4v) is 1.30. The molecule has 0 fully saturated rings. The van der Waals surface area contributed by atoms with Crippen LogP contribution in [0, 0.1) is 0 Å². The topological polar surface area (TPSA) is 50.4 Å². The third-order valence-electron chi connectivity index (χ3n) is 1.98. The third kappa shape index (κ3) is 6.14. The number of hydrogen-bond acceptors (Lipinski definition) is 3. The molecule has 0 aliphatic rings. The van der Waals surface area contributed by atoms with Gasteiger partial charge in [-0.05, 0) is 24.3 Å². The zero-order valence-electron chi connectivity index (χ0n) is 10.00. The Bertz CT molecular complexity index is 352. The van der Waals surface area contributed by atoms with Crippen LogP contribution in [0.4, 0.5) is 10.5 Å². The molecule has 0 saturated carbocycles. The van der Waals surface area contributed by atoms with Crippen LogP contribution in [0.1, 0.15) is 13.8 Å². The Labute approximate surface area is 106 Å². The van der Waals surface area contributed by atoms with Crippen molar-refractivity contribution in [1.29, 1.82) is 0 Å². The average molecular weight is 257 g/mol. The van der Waals surface area contributed by atoms with E-state index in [0.717, 1.165) is 0 Å². The van der Waals surface area contributed by atoms with E-state index in [2.05, 4.69) is 10.6 Å². The smallest absolute Gasteiger partial charge is 0.411 e. The normalized spacial score (nSPS) is 10.4. The van der Waals surface area contributed by atoms with Gasteiger partial charge >= 0.3 is 6.09 Å². The molecule has 1 amide bonds. The summed E-state index contributed by atoms with van der Waals surface area (Å²) < 4.78 is 4.98. The van der Waals surface area contributed by atoms with E-state index in [1.807, 2.05) is 13.8 Å². The maximum atomic E-state index is 11.3. The molecule has 0 spiro atoms. The molecule has 1 rings (SSSR count). The van der Waals surface area contributed by atoms with Crippen LogP contribution < -0.4 is 10.6 Å². The van der Waals surface area contributed by atoms with Crippen LogP contribution in [0.5, 0.6) is 0 Å². The van der Waals surface area contributed by atoms with Crippen molar-refractivity contribution in [2.24, 2.45) is 0 Å². The van der Waals surface area contributed by atoms with Crippen molar-refractivity contribution in [2.45, 2.75) is 19.9 Å². The molecule has 4 nitrogen and oxygen atoms in total. The summed E-state index contributed by atoms with van der Waals surface area (Å²) in [5, 5.41) is 6.39. The van der Waals surface area contributed by atoms with Crippen LogP contribution >= 0.6 is 11.6 Å². The zero-order chi connectivity index (χ0) is 12.7. The van der Waals surface area contributed by atoms with Gasteiger partial charge in [-0.2, -0.15) is 0 Å². The van der Waals surface area contributed by atoms with Gasteiger partial charge in [-0.25, -0.2) is 4.79 Å². The maximum absolute atomic E-state index is 11.3. The fourth-order valence-electron chi connectivity index (χ4n) is 1.18. The van der Waals surface area contributed by atoms with E-state index in [0.29, 0.717) is 29.9 Å². The van der Waals surface area contributed by atoms with Crippen LogP contribution in [-0.2, 0) is 4.74 Å². The standard InChI is InChI=1S/C12H17ClN2O2/c1-9(2)14-7-8-17-12(16)15-11-5-3-10(13)4-6-11/h3-6,9,14H,7-8H2,1-2H3,(H,15,16).